The van der Waals surface area contributed by atoms with Gasteiger partial charge >= 0.3 is 0 Å². The Balaban J connectivity index is 1.91. The van der Waals surface area contributed by atoms with Gasteiger partial charge in [0.05, 0.1) is 6.10 Å². The molecule has 0 saturated carbocycles. The molecule has 0 aromatic carbocycles. The fraction of sp³-hybridized carbons (Fsp3) is 0.583. The van der Waals surface area contributed by atoms with E-state index in [0.717, 1.165) is 30.7 Å². The number of hydrogen-bond donors (Lipinski definition) is 0. The molecule has 1 aromatic heterocycles. The molecule has 0 N–H and O–H groups in total. The van der Waals surface area contributed by atoms with E-state index in [2.05, 4.69) is 4.98 Å². The summed E-state index contributed by atoms with van der Waals surface area (Å²) in [5.41, 5.74) is 1.98. The quantitative estimate of drug-likeness (QED) is 0.760. The molecule has 1 aromatic rings. The predicted octanol–water partition coefficient (Wildman–Crippen LogP) is 2.69. The third-order valence-electron chi connectivity index (χ3n) is 2.75. The summed E-state index contributed by atoms with van der Waals surface area (Å²) in [5, 5.41) is 0. The van der Waals surface area contributed by atoms with Gasteiger partial charge in [-0.05, 0) is 25.3 Å². The Bertz CT molecular complexity index is 351. The second-order valence-electron chi connectivity index (χ2n) is 3.97. The highest BCUT2D eigenvalue weighted by Gasteiger charge is 2.16. The summed E-state index contributed by atoms with van der Waals surface area (Å²) < 4.78 is 11.1. The molecule has 2 rings (SSSR count). The summed E-state index contributed by atoms with van der Waals surface area (Å²) in [6.07, 6.45) is 2.44. The Morgan fingerprint density at radius 3 is 3.06 bits per heavy atom. The van der Waals surface area contributed by atoms with Crippen LogP contribution >= 0.6 is 11.6 Å². The highest BCUT2D eigenvalue weighted by atomic mass is 35.5. The molecular formula is C12H16ClNO2. The van der Waals surface area contributed by atoms with E-state index in [1.165, 1.54) is 0 Å². The SMILES string of the molecule is Cc1nc(OCC2CCCO2)ccc1CCl. The van der Waals surface area contributed by atoms with Crippen molar-refractivity contribution >= 4 is 11.6 Å². The van der Waals surface area contributed by atoms with Crippen LogP contribution in [0.5, 0.6) is 5.88 Å². The molecule has 1 aliphatic heterocycles. The number of hydrogen-bond acceptors (Lipinski definition) is 3. The molecule has 1 atom stereocenters. The van der Waals surface area contributed by atoms with E-state index >= 15 is 0 Å². The molecule has 0 radical (unpaired) electrons. The summed E-state index contributed by atoms with van der Waals surface area (Å²) in [6, 6.07) is 3.82. The highest BCUT2D eigenvalue weighted by molar-refractivity contribution is 6.17. The van der Waals surface area contributed by atoms with Crippen LogP contribution in [0.1, 0.15) is 24.1 Å². The number of pyridine rings is 1. The first-order chi connectivity index (χ1) is 7.79. The summed E-state index contributed by atoms with van der Waals surface area (Å²) in [7, 11) is 0. The van der Waals surface area contributed by atoms with E-state index in [4.69, 9.17) is 21.1 Å². The molecule has 16 heavy (non-hydrogen) atoms. The molecule has 0 bridgehead atoms. The van der Waals surface area contributed by atoms with Crippen LogP contribution < -0.4 is 4.74 Å². The van der Waals surface area contributed by atoms with E-state index in [1.54, 1.807) is 0 Å². The van der Waals surface area contributed by atoms with Crippen LogP contribution in [-0.4, -0.2) is 24.3 Å². The highest BCUT2D eigenvalue weighted by Crippen LogP contribution is 2.17. The van der Waals surface area contributed by atoms with E-state index in [-0.39, 0.29) is 6.10 Å². The predicted molar refractivity (Wildman–Crippen MR) is 63.0 cm³/mol. The second-order valence-corrected chi connectivity index (χ2v) is 4.24. The first kappa shape index (κ1) is 11.7. The molecule has 1 fully saturated rings. The number of ether oxygens (including phenoxy) is 2. The maximum atomic E-state index is 5.76. The Labute approximate surface area is 101 Å². The molecule has 1 aliphatic rings. The zero-order valence-corrected chi connectivity index (χ0v) is 10.2. The van der Waals surface area contributed by atoms with Crippen LogP contribution in [0.3, 0.4) is 0 Å². The Morgan fingerprint density at radius 2 is 2.44 bits per heavy atom. The van der Waals surface area contributed by atoms with Crippen molar-refractivity contribution in [3.63, 3.8) is 0 Å². The van der Waals surface area contributed by atoms with Crippen LogP contribution in [0.4, 0.5) is 0 Å². The lowest BCUT2D eigenvalue weighted by Crippen LogP contribution is -2.16. The summed E-state index contributed by atoms with van der Waals surface area (Å²) >= 11 is 5.76. The van der Waals surface area contributed by atoms with Gasteiger partial charge in [-0.3, -0.25) is 0 Å². The van der Waals surface area contributed by atoms with Gasteiger partial charge in [-0.1, -0.05) is 6.07 Å². The summed E-state index contributed by atoms with van der Waals surface area (Å²) in [6.45, 7) is 3.38. The minimum absolute atomic E-state index is 0.231. The van der Waals surface area contributed by atoms with Crippen molar-refractivity contribution in [3.8, 4) is 5.88 Å². The molecule has 0 amide bonds. The minimum Gasteiger partial charge on any atom is -0.475 e. The zero-order valence-electron chi connectivity index (χ0n) is 9.41. The van der Waals surface area contributed by atoms with Crippen LogP contribution in [-0.2, 0) is 10.6 Å². The van der Waals surface area contributed by atoms with Crippen LogP contribution in [0.15, 0.2) is 12.1 Å². The number of aryl methyl sites for hydroxylation is 1. The van der Waals surface area contributed by atoms with Gasteiger partial charge in [0.2, 0.25) is 5.88 Å². The number of alkyl halides is 1. The number of aromatic nitrogens is 1. The van der Waals surface area contributed by atoms with E-state index in [9.17, 15) is 0 Å². The lowest BCUT2D eigenvalue weighted by atomic mass is 10.2. The topological polar surface area (TPSA) is 31.4 Å². The van der Waals surface area contributed by atoms with Crippen LogP contribution in [0.25, 0.3) is 0 Å². The Kier molecular flexibility index (Phi) is 4.02. The monoisotopic (exact) mass is 241 g/mol. The van der Waals surface area contributed by atoms with Crippen molar-refractivity contribution in [2.75, 3.05) is 13.2 Å². The van der Waals surface area contributed by atoms with Crippen molar-refractivity contribution in [1.82, 2.24) is 4.98 Å². The number of rotatable bonds is 4. The fourth-order valence-electron chi connectivity index (χ4n) is 1.74. The zero-order chi connectivity index (χ0) is 11.4. The minimum atomic E-state index is 0.231. The third-order valence-corrected chi connectivity index (χ3v) is 3.04. The first-order valence-corrected chi connectivity index (χ1v) is 6.10. The molecule has 0 aliphatic carbocycles. The van der Waals surface area contributed by atoms with E-state index < -0.39 is 0 Å². The van der Waals surface area contributed by atoms with Gasteiger partial charge in [0.1, 0.15) is 6.61 Å². The van der Waals surface area contributed by atoms with Gasteiger partial charge in [0.25, 0.3) is 0 Å². The first-order valence-electron chi connectivity index (χ1n) is 5.56. The number of halogens is 1. The van der Waals surface area contributed by atoms with Gasteiger partial charge in [0, 0.05) is 24.2 Å². The summed E-state index contributed by atoms with van der Waals surface area (Å²) in [4.78, 5) is 4.34. The van der Waals surface area contributed by atoms with Gasteiger partial charge in [-0.2, -0.15) is 0 Å². The lowest BCUT2D eigenvalue weighted by molar-refractivity contribution is 0.0663. The van der Waals surface area contributed by atoms with Crippen LogP contribution in [0.2, 0.25) is 0 Å². The molecular weight excluding hydrogens is 226 g/mol. The molecule has 88 valence electrons. The van der Waals surface area contributed by atoms with Gasteiger partial charge in [-0.15, -0.1) is 11.6 Å². The van der Waals surface area contributed by atoms with Crippen molar-refractivity contribution in [2.45, 2.75) is 31.7 Å². The van der Waals surface area contributed by atoms with Crippen molar-refractivity contribution in [2.24, 2.45) is 0 Å². The normalized spacial score (nSPS) is 20.0. The largest absolute Gasteiger partial charge is 0.475 e. The molecule has 4 heteroatoms. The average Bonchev–Trinajstić information content (AvgIpc) is 2.79. The third kappa shape index (κ3) is 2.86. The Hall–Kier alpha value is -0.800. The molecule has 1 unspecified atom stereocenters. The molecule has 2 heterocycles. The second kappa shape index (κ2) is 5.51. The van der Waals surface area contributed by atoms with Crippen molar-refractivity contribution in [1.29, 1.82) is 0 Å². The van der Waals surface area contributed by atoms with Crippen LogP contribution in [0, 0.1) is 6.92 Å². The lowest BCUT2D eigenvalue weighted by Gasteiger charge is -2.11. The van der Waals surface area contributed by atoms with Gasteiger partial charge in [0.15, 0.2) is 0 Å². The summed E-state index contributed by atoms with van der Waals surface area (Å²) in [5.74, 6) is 1.15. The maximum Gasteiger partial charge on any atom is 0.213 e. The molecule has 0 spiro atoms. The molecule has 3 nitrogen and oxygen atoms in total. The van der Waals surface area contributed by atoms with Crippen molar-refractivity contribution < 1.29 is 9.47 Å². The van der Waals surface area contributed by atoms with E-state index in [1.807, 2.05) is 19.1 Å². The fourth-order valence-corrected chi connectivity index (χ4v) is 2.03. The van der Waals surface area contributed by atoms with Crippen molar-refractivity contribution in [3.05, 3.63) is 23.4 Å². The Morgan fingerprint density at radius 1 is 1.56 bits per heavy atom. The van der Waals surface area contributed by atoms with Gasteiger partial charge < -0.3 is 9.47 Å². The number of nitrogens with zero attached hydrogens (tertiary/aromatic N) is 1. The smallest absolute Gasteiger partial charge is 0.213 e. The maximum absolute atomic E-state index is 5.76. The standard InChI is InChI=1S/C12H16ClNO2/c1-9-10(7-13)4-5-12(14-9)16-8-11-3-2-6-15-11/h4-5,11H,2-3,6-8H2,1H3. The average molecular weight is 242 g/mol. The van der Waals surface area contributed by atoms with E-state index in [0.29, 0.717) is 18.4 Å². The molecule has 1 saturated heterocycles. The van der Waals surface area contributed by atoms with Gasteiger partial charge in [-0.25, -0.2) is 4.98 Å².